The third kappa shape index (κ3) is 1.85. The van der Waals surface area contributed by atoms with Gasteiger partial charge in [-0.05, 0) is 18.4 Å². The van der Waals surface area contributed by atoms with Gasteiger partial charge in [0.15, 0.2) is 0 Å². The van der Waals surface area contributed by atoms with Gasteiger partial charge in [0.2, 0.25) is 0 Å². The van der Waals surface area contributed by atoms with Crippen molar-refractivity contribution in [1.29, 1.82) is 0 Å². The number of nitrogens with two attached hydrogens (primary N) is 1. The molecule has 0 amide bonds. The molecule has 1 fully saturated rings. The first-order valence-corrected chi connectivity index (χ1v) is 6.02. The summed E-state index contributed by atoms with van der Waals surface area (Å²) in [6.07, 6.45) is 5.07. The minimum Gasteiger partial charge on any atom is -0.396 e. The van der Waals surface area contributed by atoms with Gasteiger partial charge in [0, 0.05) is 12.6 Å². The maximum atomic E-state index is 13.4. The summed E-state index contributed by atoms with van der Waals surface area (Å²) >= 11 is 0. The molecule has 0 atom stereocenters. The van der Waals surface area contributed by atoms with Crippen LogP contribution < -0.4 is 5.73 Å². The predicted molar refractivity (Wildman–Crippen MR) is 63.9 cm³/mol. The Kier molecular flexibility index (Phi) is 2.46. The number of benzene rings is 1. The highest BCUT2D eigenvalue weighted by molar-refractivity contribution is 5.78. The Morgan fingerprint density at radius 2 is 2.24 bits per heavy atom. The molecular formula is C12H15FN4. The molecule has 3 rings (SSSR count). The minimum atomic E-state index is -0.398. The number of rotatable bonds is 3. The van der Waals surface area contributed by atoms with Crippen LogP contribution in [0.15, 0.2) is 12.1 Å². The quantitative estimate of drug-likeness (QED) is 0.829. The molecule has 1 aliphatic carbocycles. The maximum absolute atomic E-state index is 13.4. The number of hydrogen-bond donors (Lipinski definition) is 1. The van der Waals surface area contributed by atoms with Crippen LogP contribution in [0.3, 0.4) is 0 Å². The molecule has 1 aromatic carbocycles. The summed E-state index contributed by atoms with van der Waals surface area (Å²) in [6.45, 7) is 0.810. The molecule has 17 heavy (non-hydrogen) atoms. The Hall–Kier alpha value is -1.65. The second kappa shape index (κ2) is 3.98. The predicted octanol–water partition coefficient (Wildman–Crippen LogP) is 2.34. The normalized spacial score (nSPS) is 16.3. The lowest BCUT2D eigenvalue weighted by molar-refractivity contribution is 0.278. The number of halogens is 1. The van der Waals surface area contributed by atoms with Gasteiger partial charge >= 0.3 is 0 Å². The summed E-state index contributed by atoms with van der Waals surface area (Å²) in [4.78, 5) is 0. The molecule has 0 bridgehead atoms. The average molecular weight is 234 g/mol. The van der Waals surface area contributed by atoms with Crippen LogP contribution in [0.1, 0.15) is 25.7 Å². The van der Waals surface area contributed by atoms with E-state index >= 15 is 0 Å². The second-order valence-corrected chi connectivity index (χ2v) is 4.76. The van der Waals surface area contributed by atoms with Crippen LogP contribution in [0.5, 0.6) is 0 Å². The Morgan fingerprint density at radius 1 is 1.41 bits per heavy atom. The van der Waals surface area contributed by atoms with Gasteiger partial charge in [-0.2, -0.15) is 0 Å². The highest BCUT2D eigenvalue weighted by Crippen LogP contribution is 2.30. The van der Waals surface area contributed by atoms with E-state index in [1.807, 2.05) is 0 Å². The van der Waals surface area contributed by atoms with Crippen molar-refractivity contribution in [2.24, 2.45) is 5.92 Å². The lowest BCUT2D eigenvalue weighted by atomic mass is 9.83. The zero-order valence-electron chi connectivity index (χ0n) is 9.56. The summed E-state index contributed by atoms with van der Waals surface area (Å²) in [7, 11) is 0. The van der Waals surface area contributed by atoms with Crippen molar-refractivity contribution < 1.29 is 4.39 Å². The molecule has 90 valence electrons. The highest BCUT2D eigenvalue weighted by Gasteiger charge is 2.18. The molecule has 1 saturated carbocycles. The molecule has 0 saturated heterocycles. The van der Waals surface area contributed by atoms with Crippen LogP contribution in [0, 0.1) is 11.7 Å². The lowest BCUT2D eigenvalue weighted by Gasteiger charge is -2.24. The van der Waals surface area contributed by atoms with Crippen molar-refractivity contribution in [2.75, 3.05) is 5.73 Å². The van der Waals surface area contributed by atoms with Crippen LogP contribution >= 0.6 is 0 Å². The zero-order chi connectivity index (χ0) is 11.8. The fourth-order valence-electron chi connectivity index (χ4n) is 2.26. The number of anilines is 1. The van der Waals surface area contributed by atoms with Crippen LogP contribution in [-0.2, 0) is 6.54 Å². The third-order valence-electron chi connectivity index (χ3n) is 3.61. The Balaban J connectivity index is 1.85. The van der Waals surface area contributed by atoms with Gasteiger partial charge in [-0.3, -0.25) is 0 Å². The summed E-state index contributed by atoms with van der Waals surface area (Å²) in [5.41, 5.74) is 7.02. The second-order valence-electron chi connectivity index (χ2n) is 4.76. The van der Waals surface area contributed by atoms with Crippen LogP contribution in [0.4, 0.5) is 10.1 Å². The van der Waals surface area contributed by atoms with E-state index < -0.39 is 5.82 Å². The number of nitrogens with zero attached hydrogens (tertiary/aromatic N) is 3. The van der Waals surface area contributed by atoms with Gasteiger partial charge in [0.25, 0.3) is 0 Å². The van der Waals surface area contributed by atoms with Crippen molar-refractivity contribution in [3.05, 3.63) is 17.9 Å². The Labute approximate surface area is 98.6 Å². The molecule has 0 radical (unpaired) electrons. The number of hydrogen-bond acceptors (Lipinski definition) is 3. The first-order chi connectivity index (χ1) is 8.24. The fourth-order valence-corrected chi connectivity index (χ4v) is 2.26. The molecular weight excluding hydrogens is 219 g/mol. The Bertz CT molecular complexity index is 545. The maximum Gasteiger partial charge on any atom is 0.148 e. The van der Waals surface area contributed by atoms with Gasteiger partial charge in [0.1, 0.15) is 11.3 Å². The molecule has 0 aliphatic heterocycles. The number of aromatic nitrogens is 3. The molecule has 0 spiro atoms. The summed E-state index contributed by atoms with van der Waals surface area (Å²) < 4.78 is 15.2. The summed E-state index contributed by atoms with van der Waals surface area (Å²) in [6, 6.07) is 2.96. The van der Waals surface area contributed by atoms with E-state index in [4.69, 9.17) is 5.73 Å². The largest absolute Gasteiger partial charge is 0.396 e. The van der Waals surface area contributed by atoms with Crippen molar-refractivity contribution >= 4 is 16.7 Å². The molecule has 2 N–H and O–H groups in total. The van der Waals surface area contributed by atoms with E-state index in [0.717, 1.165) is 24.4 Å². The standard InChI is InChI=1S/C12H15FN4/c13-9-6-12-11(7-10(9)14)15-16-17(12)5-4-8-2-1-3-8/h6-8H,1-5,14H2. The van der Waals surface area contributed by atoms with Crippen LogP contribution in [-0.4, -0.2) is 15.0 Å². The van der Waals surface area contributed by atoms with E-state index in [1.165, 1.54) is 31.4 Å². The number of fused-ring (bicyclic) bond motifs is 1. The van der Waals surface area contributed by atoms with Crippen molar-refractivity contribution in [3.63, 3.8) is 0 Å². The van der Waals surface area contributed by atoms with Gasteiger partial charge in [-0.15, -0.1) is 5.10 Å². The van der Waals surface area contributed by atoms with Crippen molar-refractivity contribution in [1.82, 2.24) is 15.0 Å². The van der Waals surface area contributed by atoms with Gasteiger partial charge in [-0.25, -0.2) is 9.07 Å². The summed E-state index contributed by atoms with van der Waals surface area (Å²) in [5.74, 6) is 0.414. The van der Waals surface area contributed by atoms with E-state index in [1.54, 1.807) is 4.68 Å². The Morgan fingerprint density at radius 3 is 2.94 bits per heavy atom. The van der Waals surface area contributed by atoms with E-state index in [9.17, 15) is 4.39 Å². The molecule has 5 heteroatoms. The zero-order valence-corrected chi connectivity index (χ0v) is 9.56. The van der Waals surface area contributed by atoms with E-state index in [2.05, 4.69) is 10.3 Å². The topological polar surface area (TPSA) is 56.7 Å². The summed E-state index contributed by atoms with van der Waals surface area (Å²) in [5, 5.41) is 8.06. The van der Waals surface area contributed by atoms with Gasteiger partial charge in [-0.1, -0.05) is 24.5 Å². The fraction of sp³-hybridized carbons (Fsp3) is 0.500. The first-order valence-electron chi connectivity index (χ1n) is 6.02. The molecule has 2 aromatic rings. The van der Waals surface area contributed by atoms with Crippen molar-refractivity contribution in [3.8, 4) is 0 Å². The first kappa shape index (κ1) is 10.5. The molecule has 0 unspecified atom stereocenters. The van der Waals surface area contributed by atoms with E-state index in [0.29, 0.717) is 5.52 Å². The molecule has 1 aromatic heterocycles. The lowest BCUT2D eigenvalue weighted by Crippen LogP contribution is -2.14. The number of nitrogen functional groups attached to an aromatic ring is 1. The van der Waals surface area contributed by atoms with Gasteiger partial charge in [0.05, 0.1) is 11.2 Å². The van der Waals surface area contributed by atoms with Crippen LogP contribution in [0.2, 0.25) is 0 Å². The SMILES string of the molecule is Nc1cc2nnn(CCC3CCC3)c2cc1F. The minimum absolute atomic E-state index is 0.128. The average Bonchev–Trinajstić information content (AvgIpc) is 2.60. The van der Waals surface area contributed by atoms with Crippen LogP contribution in [0.25, 0.3) is 11.0 Å². The molecule has 1 heterocycles. The van der Waals surface area contributed by atoms with Crippen molar-refractivity contribution in [2.45, 2.75) is 32.2 Å². The molecule has 1 aliphatic rings. The third-order valence-corrected chi connectivity index (χ3v) is 3.61. The smallest absolute Gasteiger partial charge is 0.148 e. The van der Waals surface area contributed by atoms with Gasteiger partial charge < -0.3 is 5.73 Å². The highest BCUT2D eigenvalue weighted by atomic mass is 19.1. The van der Waals surface area contributed by atoms with E-state index in [-0.39, 0.29) is 5.69 Å². The molecule has 4 nitrogen and oxygen atoms in total. The monoisotopic (exact) mass is 234 g/mol. The number of aryl methyl sites for hydroxylation is 1.